The van der Waals surface area contributed by atoms with E-state index in [-0.39, 0.29) is 5.82 Å². The highest BCUT2D eigenvalue weighted by molar-refractivity contribution is 5.81. The normalized spacial score (nSPS) is 18.1. The first kappa shape index (κ1) is 9.88. The van der Waals surface area contributed by atoms with Gasteiger partial charge in [-0.1, -0.05) is 25.3 Å². The van der Waals surface area contributed by atoms with Crippen LogP contribution in [0.3, 0.4) is 0 Å². The minimum atomic E-state index is -0.115. The average Bonchev–Trinajstić information content (AvgIpc) is 2.76. The Balaban J connectivity index is 2.01. The van der Waals surface area contributed by atoms with Crippen LogP contribution in [-0.2, 0) is 0 Å². The summed E-state index contributed by atoms with van der Waals surface area (Å²) in [6, 6.07) is 7.24. The maximum Gasteiger partial charge on any atom is 0.132 e. The van der Waals surface area contributed by atoms with Crippen molar-refractivity contribution in [2.24, 2.45) is 0 Å². The molecule has 0 radical (unpaired) electrons. The molecule has 0 spiro atoms. The number of rotatable bonds is 1. The first-order valence-electron chi connectivity index (χ1n) is 6.12. The van der Waals surface area contributed by atoms with Crippen LogP contribution in [-0.4, -0.2) is 4.98 Å². The average molecular weight is 217 g/mol. The first-order chi connectivity index (χ1) is 7.84. The second kappa shape index (κ2) is 3.93. The Bertz CT molecular complexity index is 494. The van der Waals surface area contributed by atoms with Crippen LogP contribution in [0, 0.1) is 5.82 Å². The van der Waals surface area contributed by atoms with E-state index in [4.69, 9.17) is 0 Å². The fraction of sp³-hybridized carbons (Fsp3) is 0.429. The lowest BCUT2D eigenvalue weighted by Gasteiger charge is -2.20. The van der Waals surface area contributed by atoms with E-state index in [2.05, 4.69) is 4.98 Å². The Hall–Kier alpha value is -1.31. The van der Waals surface area contributed by atoms with Crippen molar-refractivity contribution in [1.82, 2.24) is 4.98 Å². The fourth-order valence-corrected chi connectivity index (χ4v) is 2.77. The van der Waals surface area contributed by atoms with Gasteiger partial charge in [0.15, 0.2) is 0 Å². The number of hydrogen-bond acceptors (Lipinski definition) is 0. The summed E-state index contributed by atoms with van der Waals surface area (Å²) in [6.45, 7) is 0. The quantitative estimate of drug-likeness (QED) is 0.730. The number of aromatic amines is 1. The number of nitrogens with one attached hydrogen (secondary N) is 1. The summed E-state index contributed by atoms with van der Waals surface area (Å²) in [4.78, 5) is 3.37. The zero-order chi connectivity index (χ0) is 11.0. The molecule has 84 valence electrons. The van der Waals surface area contributed by atoms with Crippen LogP contribution in [0.5, 0.6) is 0 Å². The Labute approximate surface area is 94.7 Å². The molecule has 0 saturated heterocycles. The molecule has 0 bridgehead atoms. The van der Waals surface area contributed by atoms with Gasteiger partial charge in [-0.15, -0.1) is 0 Å². The molecule has 16 heavy (non-hydrogen) atoms. The molecule has 0 unspecified atom stereocenters. The van der Waals surface area contributed by atoms with Crippen LogP contribution < -0.4 is 0 Å². The molecule has 1 saturated carbocycles. The van der Waals surface area contributed by atoms with Gasteiger partial charge < -0.3 is 4.98 Å². The predicted molar refractivity (Wildman–Crippen MR) is 64.1 cm³/mol. The Kier molecular flexibility index (Phi) is 2.43. The number of hydrogen-bond donors (Lipinski definition) is 1. The Morgan fingerprint density at radius 1 is 1.12 bits per heavy atom. The molecular weight excluding hydrogens is 201 g/mol. The topological polar surface area (TPSA) is 15.8 Å². The summed E-state index contributed by atoms with van der Waals surface area (Å²) in [5, 5.41) is 0.739. The summed E-state index contributed by atoms with van der Waals surface area (Å²) in [6.07, 6.45) is 6.46. The van der Waals surface area contributed by atoms with Gasteiger partial charge in [-0.25, -0.2) is 4.39 Å². The van der Waals surface area contributed by atoms with Gasteiger partial charge in [-0.05, 0) is 37.0 Å². The van der Waals surface area contributed by atoms with Crippen molar-refractivity contribution in [2.45, 2.75) is 38.0 Å². The zero-order valence-corrected chi connectivity index (χ0v) is 9.30. The van der Waals surface area contributed by atoms with Gasteiger partial charge in [0.1, 0.15) is 5.82 Å². The number of H-pyrrole nitrogens is 1. The minimum absolute atomic E-state index is 0.115. The van der Waals surface area contributed by atoms with E-state index in [1.54, 1.807) is 6.07 Å². The fourth-order valence-electron chi connectivity index (χ4n) is 2.77. The third-order valence-electron chi connectivity index (χ3n) is 3.68. The predicted octanol–water partition coefficient (Wildman–Crippen LogP) is 4.35. The van der Waals surface area contributed by atoms with Crippen molar-refractivity contribution in [3.63, 3.8) is 0 Å². The lowest BCUT2D eigenvalue weighted by molar-refractivity contribution is 0.438. The first-order valence-corrected chi connectivity index (χ1v) is 6.12. The van der Waals surface area contributed by atoms with E-state index in [1.165, 1.54) is 43.9 Å². The molecule has 0 aliphatic heterocycles. The molecule has 1 fully saturated rings. The molecule has 3 rings (SSSR count). The summed E-state index contributed by atoms with van der Waals surface area (Å²) in [5.74, 6) is 0.497. The van der Waals surface area contributed by atoms with Gasteiger partial charge in [0.05, 0.1) is 0 Å². The highest BCUT2D eigenvalue weighted by atomic mass is 19.1. The molecule has 1 heterocycles. The van der Waals surface area contributed by atoms with Crippen molar-refractivity contribution >= 4 is 10.9 Å². The van der Waals surface area contributed by atoms with E-state index < -0.39 is 0 Å². The second-order valence-corrected chi connectivity index (χ2v) is 4.76. The van der Waals surface area contributed by atoms with Gasteiger partial charge in [0.2, 0.25) is 0 Å². The highest BCUT2D eigenvalue weighted by Crippen LogP contribution is 2.34. The molecule has 1 aromatic heterocycles. The molecule has 0 amide bonds. The number of fused-ring (bicyclic) bond motifs is 1. The van der Waals surface area contributed by atoms with Crippen LogP contribution in [0.1, 0.15) is 43.7 Å². The third-order valence-corrected chi connectivity index (χ3v) is 3.68. The SMILES string of the molecule is Fc1cccc2[nH]c(C3CCCCC3)cc12. The molecule has 1 N–H and O–H groups in total. The zero-order valence-electron chi connectivity index (χ0n) is 9.30. The largest absolute Gasteiger partial charge is 0.358 e. The molecule has 1 aliphatic carbocycles. The lowest BCUT2D eigenvalue weighted by Crippen LogP contribution is -2.04. The molecule has 0 atom stereocenters. The maximum absolute atomic E-state index is 13.5. The van der Waals surface area contributed by atoms with Crippen LogP contribution >= 0.6 is 0 Å². The van der Waals surface area contributed by atoms with Gasteiger partial charge >= 0.3 is 0 Å². The number of benzene rings is 1. The minimum Gasteiger partial charge on any atom is -0.358 e. The monoisotopic (exact) mass is 217 g/mol. The summed E-state index contributed by atoms with van der Waals surface area (Å²) >= 11 is 0. The molecule has 1 aromatic carbocycles. The molecule has 1 nitrogen and oxygen atoms in total. The number of halogens is 1. The lowest BCUT2D eigenvalue weighted by atomic mass is 9.87. The summed E-state index contributed by atoms with van der Waals surface area (Å²) in [5.41, 5.74) is 2.15. The van der Waals surface area contributed by atoms with E-state index in [0.717, 1.165) is 10.9 Å². The molecule has 2 aromatic rings. The van der Waals surface area contributed by atoms with Crippen molar-refractivity contribution in [3.05, 3.63) is 35.8 Å². The van der Waals surface area contributed by atoms with Crippen LogP contribution in [0.4, 0.5) is 4.39 Å². The molecule has 1 aliphatic rings. The van der Waals surface area contributed by atoms with E-state index in [1.807, 2.05) is 12.1 Å². The van der Waals surface area contributed by atoms with Crippen LogP contribution in [0.15, 0.2) is 24.3 Å². The third kappa shape index (κ3) is 1.62. The summed E-state index contributed by atoms with van der Waals surface area (Å²) < 4.78 is 13.5. The van der Waals surface area contributed by atoms with Gasteiger partial charge in [-0.2, -0.15) is 0 Å². The van der Waals surface area contributed by atoms with E-state index in [9.17, 15) is 4.39 Å². The van der Waals surface area contributed by atoms with Crippen molar-refractivity contribution in [2.75, 3.05) is 0 Å². The van der Waals surface area contributed by atoms with Gasteiger partial charge in [0.25, 0.3) is 0 Å². The highest BCUT2D eigenvalue weighted by Gasteiger charge is 2.17. The Morgan fingerprint density at radius 2 is 1.94 bits per heavy atom. The maximum atomic E-state index is 13.5. The summed E-state index contributed by atoms with van der Waals surface area (Å²) in [7, 11) is 0. The molecular formula is C14H16FN. The van der Waals surface area contributed by atoms with Gasteiger partial charge in [0, 0.05) is 16.6 Å². The smallest absolute Gasteiger partial charge is 0.132 e. The van der Waals surface area contributed by atoms with Crippen molar-refractivity contribution in [3.8, 4) is 0 Å². The van der Waals surface area contributed by atoms with Crippen molar-refractivity contribution in [1.29, 1.82) is 0 Å². The standard InChI is InChI=1S/C14H16FN/c15-12-7-4-8-13-11(12)9-14(16-13)10-5-2-1-3-6-10/h4,7-10,16H,1-3,5-6H2. The molecule has 2 heteroatoms. The van der Waals surface area contributed by atoms with Crippen LogP contribution in [0.25, 0.3) is 10.9 Å². The number of aromatic nitrogens is 1. The second-order valence-electron chi connectivity index (χ2n) is 4.76. The van der Waals surface area contributed by atoms with E-state index >= 15 is 0 Å². The van der Waals surface area contributed by atoms with E-state index in [0.29, 0.717) is 5.92 Å². The van der Waals surface area contributed by atoms with Crippen molar-refractivity contribution < 1.29 is 4.39 Å². The Morgan fingerprint density at radius 3 is 2.69 bits per heavy atom. The van der Waals surface area contributed by atoms with Gasteiger partial charge in [-0.3, -0.25) is 0 Å². The van der Waals surface area contributed by atoms with Crippen LogP contribution in [0.2, 0.25) is 0 Å².